The maximum atomic E-state index is 13.0. The summed E-state index contributed by atoms with van der Waals surface area (Å²) in [6, 6.07) is 7.72. The number of benzene rings is 1. The number of nitrogens with zero attached hydrogens (tertiary/aromatic N) is 1. The summed E-state index contributed by atoms with van der Waals surface area (Å²) < 4.78 is 43.7. The zero-order chi connectivity index (χ0) is 21.4. The van der Waals surface area contributed by atoms with Crippen LogP contribution in [0.25, 0.3) is 0 Å². The number of carbonyl (C=O) groups is 2. The molecule has 10 heteroatoms. The van der Waals surface area contributed by atoms with Crippen LogP contribution in [0.4, 0.5) is 4.39 Å². The van der Waals surface area contributed by atoms with E-state index < -0.39 is 27.9 Å². The van der Waals surface area contributed by atoms with Crippen molar-refractivity contribution < 1.29 is 27.1 Å². The van der Waals surface area contributed by atoms with Crippen LogP contribution >= 0.6 is 11.3 Å². The maximum Gasteiger partial charge on any atom is 0.307 e. The summed E-state index contributed by atoms with van der Waals surface area (Å²) in [6.45, 7) is 0.119. The summed E-state index contributed by atoms with van der Waals surface area (Å²) in [5.41, 5.74) is 0. The Morgan fingerprint density at radius 3 is 2.52 bits per heavy atom. The van der Waals surface area contributed by atoms with Gasteiger partial charge < -0.3 is 10.1 Å². The van der Waals surface area contributed by atoms with Crippen LogP contribution in [0.1, 0.15) is 30.2 Å². The van der Waals surface area contributed by atoms with Gasteiger partial charge in [-0.15, -0.1) is 11.3 Å². The molecule has 1 amide bonds. The van der Waals surface area contributed by atoms with Crippen LogP contribution in [-0.2, 0) is 24.3 Å². The molecule has 0 saturated heterocycles. The molecule has 0 aliphatic carbocycles. The van der Waals surface area contributed by atoms with Gasteiger partial charge >= 0.3 is 5.97 Å². The Morgan fingerprint density at radius 2 is 1.93 bits per heavy atom. The van der Waals surface area contributed by atoms with E-state index in [4.69, 9.17) is 0 Å². The number of carbonyl (C=O) groups excluding carboxylic acids is 2. The van der Waals surface area contributed by atoms with Crippen LogP contribution in [0, 0.1) is 5.82 Å². The molecule has 0 spiro atoms. The van der Waals surface area contributed by atoms with Crippen LogP contribution in [0.2, 0.25) is 0 Å². The Bertz CT molecular complexity index is 915. The Kier molecular flexibility index (Phi) is 8.30. The highest BCUT2D eigenvalue weighted by Gasteiger charge is 2.22. The molecule has 0 bridgehead atoms. The van der Waals surface area contributed by atoms with Gasteiger partial charge in [-0.2, -0.15) is 0 Å². The van der Waals surface area contributed by atoms with Gasteiger partial charge in [0.2, 0.25) is 15.9 Å². The summed E-state index contributed by atoms with van der Waals surface area (Å²) in [5.74, 6) is -1.25. The van der Waals surface area contributed by atoms with Gasteiger partial charge in [-0.3, -0.25) is 9.59 Å². The predicted molar refractivity (Wildman–Crippen MR) is 107 cm³/mol. The molecule has 0 radical (unpaired) electrons. The van der Waals surface area contributed by atoms with Crippen LogP contribution in [0.3, 0.4) is 0 Å². The van der Waals surface area contributed by atoms with E-state index in [1.54, 1.807) is 0 Å². The number of hydrogen-bond donors (Lipinski definition) is 1. The minimum Gasteiger partial charge on any atom is -0.469 e. The van der Waals surface area contributed by atoms with Crippen LogP contribution < -0.4 is 5.32 Å². The molecule has 1 atom stereocenters. The molecule has 0 fully saturated rings. The standard InChI is InChI=1S/C19H23FN2O5S2/c1-22(29(25,26)15-9-7-14(20)8-10-15)11-3-6-18(23)21-16(13-19(24)27-2)17-5-4-12-28-17/h4-5,7-10,12,16H,3,6,11,13H2,1-2H3,(H,21,23). The van der Waals surface area contributed by atoms with E-state index in [2.05, 4.69) is 10.1 Å². The van der Waals surface area contributed by atoms with Crippen molar-refractivity contribution in [1.29, 1.82) is 0 Å². The molecule has 1 aromatic heterocycles. The number of thiophene rings is 1. The van der Waals surface area contributed by atoms with Gasteiger partial charge in [0.15, 0.2) is 0 Å². The van der Waals surface area contributed by atoms with Crippen molar-refractivity contribution in [3.8, 4) is 0 Å². The minimum absolute atomic E-state index is 0.0123. The Balaban J connectivity index is 1.89. The molecule has 0 aliphatic rings. The molecule has 158 valence electrons. The first-order valence-corrected chi connectivity index (χ1v) is 11.2. The maximum absolute atomic E-state index is 13.0. The molecule has 1 heterocycles. The second kappa shape index (κ2) is 10.5. The Hall–Kier alpha value is -2.30. The third kappa shape index (κ3) is 6.62. The lowest BCUT2D eigenvalue weighted by atomic mass is 10.1. The number of nitrogens with one attached hydrogen (secondary N) is 1. The highest BCUT2D eigenvalue weighted by Crippen LogP contribution is 2.23. The highest BCUT2D eigenvalue weighted by molar-refractivity contribution is 7.89. The lowest BCUT2D eigenvalue weighted by Gasteiger charge is -2.18. The monoisotopic (exact) mass is 442 g/mol. The molecular formula is C19H23FN2O5S2. The van der Waals surface area contributed by atoms with Gasteiger partial charge in [-0.25, -0.2) is 17.1 Å². The zero-order valence-corrected chi connectivity index (χ0v) is 17.8. The SMILES string of the molecule is COC(=O)CC(NC(=O)CCCN(C)S(=O)(=O)c1ccc(F)cc1)c1cccs1. The fourth-order valence-electron chi connectivity index (χ4n) is 2.60. The third-order valence-corrected chi connectivity index (χ3v) is 7.08. The first-order valence-electron chi connectivity index (χ1n) is 8.85. The van der Waals surface area contributed by atoms with E-state index >= 15 is 0 Å². The zero-order valence-electron chi connectivity index (χ0n) is 16.1. The lowest BCUT2D eigenvalue weighted by molar-refractivity contribution is -0.141. The Morgan fingerprint density at radius 1 is 1.24 bits per heavy atom. The topological polar surface area (TPSA) is 92.8 Å². The summed E-state index contributed by atoms with van der Waals surface area (Å²) in [7, 11) is -1.07. The molecular weight excluding hydrogens is 419 g/mol. The number of esters is 1. The van der Waals surface area contributed by atoms with Crippen molar-refractivity contribution in [2.24, 2.45) is 0 Å². The van der Waals surface area contributed by atoms with Crippen molar-refractivity contribution in [3.63, 3.8) is 0 Å². The summed E-state index contributed by atoms with van der Waals surface area (Å²) in [4.78, 5) is 24.7. The molecule has 1 aromatic carbocycles. The van der Waals surface area contributed by atoms with Gasteiger partial charge in [0.05, 0.1) is 24.5 Å². The van der Waals surface area contributed by atoms with Gasteiger partial charge in [-0.05, 0) is 42.1 Å². The van der Waals surface area contributed by atoms with Crippen molar-refractivity contribution in [1.82, 2.24) is 9.62 Å². The normalized spacial score (nSPS) is 12.6. The van der Waals surface area contributed by atoms with E-state index in [9.17, 15) is 22.4 Å². The van der Waals surface area contributed by atoms with E-state index in [0.717, 1.165) is 21.3 Å². The van der Waals surface area contributed by atoms with E-state index in [0.29, 0.717) is 0 Å². The third-order valence-electron chi connectivity index (χ3n) is 4.22. The molecule has 29 heavy (non-hydrogen) atoms. The number of rotatable bonds is 10. The lowest BCUT2D eigenvalue weighted by Crippen LogP contribution is -2.32. The predicted octanol–water partition coefficient (Wildman–Crippen LogP) is 2.71. The van der Waals surface area contributed by atoms with E-state index in [1.165, 1.54) is 37.6 Å². The molecule has 2 aromatic rings. The fraction of sp³-hybridized carbons (Fsp3) is 0.368. The highest BCUT2D eigenvalue weighted by atomic mass is 32.2. The second-order valence-corrected chi connectivity index (χ2v) is 9.32. The number of amides is 1. The van der Waals surface area contributed by atoms with Crippen LogP contribution in [0.15, 0.2) is 46.7 Å². The second-order valence-electron chi connectivity index (χ2n) is 6.30. The average molecular weight is 443 g/mol. The number of hydrogen-bond acceptors (Lipinski definition) is 6. The van der Waals surface area contributed by atoms with Crippen LogP contribution in [0.5, 0.6) is 0 Å². The van der Waals surface area contributed by atoms with Crippen molar-refractivity contribution in [2.45, 2.75) is 30.2 Å². The van der Waals surface area contributed by atoms with Crippen molar-refractivity contribution in [3.05, 3.63) is 52.5 Å². The summed E-state index contributed by atoms with van der Waals surface area (Å²) in [6.07, 6.45) is 0.395. The van der Waals surface area contributed by atoms with E-state index in [-0.39, 0.29) is 36.6 Å². The average Bonchev–Trinajstić information content (AvgIpc) is 3.22. The molecule has 7 nitrogen and oxygen atoms in total. The molecule has 0 saturated carbocycles. The van der Waals surface area contributed by atoms with Crippen LogP contribution in [-0.4, -0.2) is 45.3 Å². The quantitative estimate of drug-likeness (QED) is 0.571. The Labute approximate surface area is 173 Å². The molecule has 2 rings (SSSR count). The van der Waals surface area contributed by atoms with Gasteiger partial charge in [-0.1, -0.05) is 6.07 Å². The minimum atomic E-state index is -3.76. The fourth-order valence-corrected chi connectivity index (χ4v) is 4.59. The number of halogens is 1. The molecule has 1 N–H and O–H groups in total. The largest absolute Gasteiger partial charge is 0.469 e. The van der Waals surface area contributed by atoms with Crippen molar-refractivity contribution >= 4 is 33.2 Å². The molecule has 1 unspecified atom stereocenters. The summed E-state index contributed by atoms with van der Waals surface area (Å²) >= 11 is 1.42. The van der Waals surface area contributed by atoms with Gasteiger partial charge in [0, 0.05) is 24.9 Å². The van der Waals surface area contributed by atoms with E-state index in [1.807, 2.05) is 17.5 Å². The first kappa shape index (κ1) is 23.0. The smallest absolute Gasteiger partial charge is 0.307 e. The summed E-state index contributed by atoms with van der Waals surface area (Å²) in [5, 5.41) is 4.64. The molecule has 0 aliphatic heterocycles. The number of sulfonamides is 1. The number of ether oxygens (including phenoxy) is 1. The number of methoxy groups -OCH3 is 1. The van der Waals surface area contributed by atoms with Crippen molar-refractivity contribution in [2.75, 3.05) is 20.7 Å². The first-order chi connectivity index (χ1) is 13.7. The van der Waals surface area contributed by atoms with Gasteiger partial charge in [0.1, 0.15) is 5.82 Å². The van der Waals surface area contributed by atoms with Gasteiger partial charge in [0.25, 0.3) is 0 Å².